The summed E-state index contributed by atoms with van der Waals surface area (Å²) in [7, 11) is 1.81. The lowest BCUT2D eigenvalue weighted by Gasteiger charge is -2.10. The molecule has 1 heterocycles. The zero-order valence-corrected chi connectivity index (χ0v) is 11.5. The summed E-state index contributed by atoms with van der Waals surface area (Å²) < 4.78 is 1.64. The van der Waals surface area contributed by atoms with E-state index in [4.69, 9.17) is 5.73 Å². The van der Waals surface area contributed by atoms with Crippen molar-refractivity contribution in [3.05, 3.63) is 18.0 Å². The van der Waals surface area contributed by atoms with Gasteiger partial charge in [0.1, 0.15) is 6.04 Å². The summed E-state index contributed by atoms with van der Waals surface area (Å²) in [4.78, 5) is 11.8. The van der Waals surface area contributed by atoms with Gasteiger partial charge in [0.05, 0.1) is 6.20 Å². The second kappa shape index (κ2) is 7.16. The van der Waals surface area contributed by atoms with Crippen LogP contribution in [0.3, 0.4) is 0 Å². The van der Waals surface area contributed by atoms with E-state index in [1.165, 1.54) is 6.42 Å². The third kappa shape index (κ3) is 4.87. The Labute approximate surface area is 109 Å². The van der Waals surface area contributed by atoms with Crippen LogP contribution in [-0.2, 0) is 11.8 Å². The minimum Gasteiger partial charge on any atom is -0.354 e. The summed E-state index contributed by atoms with van der Waals surface area (Å²) in [6.45, 7) is 5.10. The molecule has 0 fully saturated rings. The molecule has 0 saturated heterocycles. The number of hydrogen-bond acceptors (Lipinski definition) is 3. The van der Waals surface area contributed by atoms with Gasteiger partial charge in [-0.2, -0.15) is 5.10 Å². The van der Waals surface area contributed by atoms with Crippen molar-refractivity contribution in [2.45, 2.75) is 39.2 Å². The van der Waals surface area contributed by atoms with Crippen LogP contribution < -0.4 is 11.1 Å². The number of nitrogens with zero attached hydrogens (tertiary/aromatic N) is 2. The lowest BCUT2D eigenvalue weighted by Crippen LogP contribution is -2.34. The first-order chi connectivity index (χ1) is 8.50. The van der Waals surface area contributed by atoms with Gasteiger partial charge in [-0.05, 0) is 12.3 Å². The molecule has 1 rings (SSSR count). The normalized spacial score (nSPS) is 12.7. The fourth-order valence-electron chi connectivity index (χ4n) is 1.75. The standard InChI is InChI=1S/C13H24N4O/c1-10(2)6-4-5-7-15-13(18)12(14)11-8-16-17(3)9-11/h8-10,12H,4-7,14H2,1-3H3,(H,15,18). The predicted octanol–water partition coefficient (Wildman–Crippen LogP) is 1.36. The van der Waals surface area contributed by atoms with E-state index in [-0.39, 0.29) is 5.91 Å². The molecule has 0 aliphatic carbocycles. The maximum Gasteiger partial charge on any atom is 0.241 e. The first-order valence-corrected chi connectivity index (χ1v) is 6.52. The Morgan fingerprint density at radius 2 is 2.22 bits per heavy atom. The molecule has 3 N–H and O–H groups in total. The molecule has 1 atom stereocenters. The van der Waals surface area contributed by atoms with E-state index in [0.717, 1.165) is 24.3 Å². The number of carbonyl (C=O) groups is 1. The zero-order valence-electron chi connectivity index (χ0n) is 11.5. The average Bonchev–Trinajstić information content (AvgIpc) is 2.73. The first kappa shape index (κ1) is 14.7. The molecule has 0 aliphatic heterocycles. The summed E-state index contributed by atoms with van der Waals surface area (Å²) in [6, 6.07) is -0.621. The van der Waals surface area contributed by atoms with Crippen molar-refractivity contribution in [3.63, 3.8) is 0 Å². The summed E-state index contributed by atoms with van der Waals surface area (Å²) in [6.07, 6.45) is 6.74. The maximum absolute atomic E-state index is 11.8. The maximum atomic E-state index is 11.8. The van der Waals surface area contributed by atoms with E-state index in [1.807, 2.05) is 0 Å². The Bertz CT molecular complexity index is 373. The summed E-state index contributed by atoms with van der Waals surface area (Å²) in [5.74, 6) is 0.589. The van der Waals surface area contributed by atoms with Crippen LogP contribution >= 0.6 is 0 Å². The van der Waals surface area contributed by atoms with Crippen LogP contribution in [0.25, 0.3) is 0 Å². The molecule has 0 radical (unpaired) electrons. The molecule has 0 spiro atoms. The number of hydrogen-bond donors (Lipinski definition) is 2. The van der Waals surface area contributed by atoms with Gasteiger partial charge in [-0.15, -0.1) is 0 Å². The highest BCUT2D eigenvalue weighted by Gasteiger charge is 2.16. The molecule has 18 heavy (non-hydrogen) atoms. The predicted molar refractivity (Wildman–Crippen MR) is 71.8 cm³/mol. The lowest BCUT2D eigenvalue weighted by molar-refractivity contribution is -0.122. The minimum absolute atomic E-state index is 0.132. The fourth-order valence-corrected chi connectivity index (χ4v) is 1.75. The van der Waals surface area contributed by atoms with Gasteiger partial charge in [0.15, 0.2) is 0 Å². The molecule has 1 unspecified atom stereocenters. The van der Waals surface area contributed by atoms with Crippen LogP contribution in [0.15, 0.2) is 12.4 Å². The van der Waals surface area contributed by atoms with E-state index in [9.17, 15) is 4.79 Å². The second-order valence-electron chi connectivity index (χ2n) is 5.11. The van der Waals surface area contributed by atoms with Crippen molar-refractivity contribution < 1.29 is 4.79 Å². The number of nitrogens with one attached hydrogen (secondary N) is 1. The second-order valence-corrected chi connectivity index (χ2v) is 5.11. The molecule has 102 valence electrons. The molecule has 1 aromatic heterocycles. The van der Waals surface area contributed by atoms with Crippen molar-refractivity contribution in [2.24, 2.45) is 18.7 Å². The quantitative estimate of drug-likeness (QED) is 0.720. The zero-order chi connectivity index (χ0) is 13.5. The highest BCUT2D eigenvalue weighted by Crippen LogP contribution is 2.09. The number of aromatic nitrogens is 2. The lowest BCUT2D eigenvalue weighted by atomic mass is 10.1. The van der Waals surface area contributed by atoms with Gasteiger partial charge >= 0.3 is 0 Å². The van der Waals surface area contributed by atoms with E-state index in [1.54, 1.807) is 24.1 Å². The summed E-state index contributed by atoms with van der Waals surface area (Å²) >= 11 is 0. The highest BCUT2D eigenvalue weighted by atomic mass is 16.2. The van der Waals surface area contributed by atoms with Gasteiger partial charge in [0.25, 0.3) is 0 Å². The molecular formula is C13H24N4O. The largest absolute Gasteiger partial charge is 0.354 e. The van der Waals surface area contributed by atoms with Crippen LogP contribution in [0.4, 0.5) is 0 Å². The first-order valence-electron chi connectivity index (χ1n) is 6.52. The van der Waals surface area contributed by atoms with E-state index in [0.29, 0.717) is 6.54 Å². The SMILES string of the molecule is CC(C)CCCCNC(=O)C(N)c1cnn(C)c1. The van der Waals surface area contributed by atoms with Gasteiger partial charge in [0, 0.05) is 25.4 Å². The third-order valence-corrected chi connectivity index (χ3v) is 2.87. The van der Waals surface area contributed by atoms with E-state index in [2.05, 4.69) is 24.3 Å². The Hall–Kier alpha value is -1.36. The third-order valence-electron chi connectivity index (χ3n) is 2.87. The molecule has 1 aromatic rings. The van der Waals surface area contributed by atoms with Gasteiger partial charge in [-0.25, -0.2) is 0 Å². The average molecular weight is 252 g/mol. The van der Waals surface area contributed by atoms with Crippen LogP contribution in [0.2, 0.25) is 0 Å². The fraction of sp³-hybridized carbons (Fsp3) is 0.692. The number of aryl methyl sites for hydroxylation is 1. The van der Waals surface area contributed by atoms with Crippen LogP contribution in [-0.4, -0.2) is 22.2 Å². The number of carbonyl (C=O) groups excluding carboxylic acids is 1. The van der Waals surface area contributed by atoms with Gasteiger partial charge in [-0.1, -0.05) is 26.7 Å². The molecule has 5 heteroatoms. The topological polar surface area (TPSA) is 72.9 Å². The number of unbranched alkanes of at least 4 members (excludes halogenated alkanes) is 1. The van der Waals surface area contributed by atoms with Crippen molar-refractivity contribution >= 4 is 5.91 Å². The summed E-state index contributed by atoms with van der Waals surface area (Å²) in [5, 5.41) is 6.87. The molecular weight excluding hydrogens is 228 g/mol. The Balaban J connectivity index is 2.24. The Morgan fingerprint density at radius 1 is 1.50 bits per heavy atom. The van der Waals surface area contributed by atoms with Crippen LogP contribution in [0.1, 0.15) is 44.7 Å². The number of amides is 1. The van der Waals surface area contributed by atoms with Crippen molar-refractivity contribution in [3.8, 4) is 0 Å². The Morgan fingerprint density at radius 3 is 2.78 bits per heavy atom. The number of nitrogens with two attached hydrogens (primary N) is 1. The summed E-state index contributed by atoms with van der Waals surface area (Å²) in [5.41, 5.74) is 6.60. The van der Waals surface area contributed by atoms with Crippen LogP contribution in [0.5, 0.6) is 0 Å². The van der Waals surface area contributed by atoms with Crippen molar-refractivity contribution in [1.29, 1.82) is 0 Å². The molecule has 0 aromatic carbocycles. The highest BCUT2D eigenvalue weighted by molar-refractivity contribution is 5.82. The van der Waals surface area contributed by atoms with E-state index < -0.39 is 6.04 Å². The van der Waals surface area contributed by atoms with Crippen LogP contribution in [0, 0.1) is 5.92 Å². The molecule has 1 amide bonds. The van der Waals surface area contributed by atoms with Gasteiger partial charge < -0.3 is 11.1 Å². The molecule has 0 saturated carbocycles. The van der Waals surface area contributed by atoms with E-state index >= 15 is 0 Å². The van der Waals surface area contributed by atoms with Gasteiger partial charge in [0.2, 0.25) is 5.91 Å². The smallest absolute Gasteiger partial charge is 0.241 e. The monoisotopic (exact) mass is 252 g/mol. The van der Waals surface area contributed by atoms with Crippen molar-refractivity contribution in [1.82, 2.24) is 15.1 Å². The van der Waals surface area contributed by atoms with Gasteiger partial charge in [-0.3, -0.25) is 9.48 Å². The number of rotatable bonds is 7. The molecule has 0 aliphatic rings. The molecule has 0 bridgehead atoms. The Kier molecular flexibility index (Phi) is 5.85. The molecule has 5 nitrogen and oxygen atoms in total. The minimum atomic E-state index is -0.621. The van der Waals surface area contributed by atoms with Crippen molar-refractivity contribution in [2.75, 3.05) is 6.54 Å².